The number of carbonyl (C=O) groups is 1. The van der Waals surface area contributed by atoms with Crippen molar-refractivity contribution in [3.8, 4) is 0 Å². The molecule has 1 heterocycles. The van der Waals surface area contributed by atoms with Crippen LogP contribution in [-0.2, 0) is 13.1 Å². The van der Waals surface area contributed by atoms with E-state index in [0.717, 1.165) is 23.4 Å². The van der Waals surface area contributed by atoms with Crippen LogP contribution >= 0.6 is 0 Å². The summed E-state index contributed by atoms with van der Waals surface area (Å²) in [5.74, 6) is -0.906. The van der Waals surface area contributed by atoms with Crippen molar-refractivity contribution in [2.24, 2.45) is 0 Å². The lowest BCUT2D eigenvalue weighted by Gasteiger charge is -2.14. The molecule has 3 aromatic rings. The van der Waals surface area contributed by atoms with E-state index < -0.39 is 5.97 Å². The number of aromatic carboxylic acids is 1. The van der Waals surface area contributed by atoms with Crippen LogP contribution in [0.3, 0.4) is 0 Å². The van der Waals surface area contributed by atoms with E-state index in [4.69, 9.17) is 0 Å². The maximum atomic E-state index is 13.6. The monoisotopic (exact) mass is 394 g/mol. The maximum absolute atomic E-state index is 13.6. The minimum Gasteiger partial charge on any atom is -0.478 e. The number of rotatable bonds is 8. The predicted molar refractivity (Wildman–Crippen MR) is 113 cm³/mol. The number of benzene rings is 2. The molecule has 3 rings (SSSR count). The van der Waals surface area contributed by atoms with Crippen LogP contribution in [0, 0.1) is 19.7 Å². The molecule has 2 N–H and O–H groups in total. The maximum Gasteiger partial charge on any atom is 0.337 e. The lowest BCUT2D eigenvalue weighted by Crippen LogP contribution is -2.21. The normalized spacial score (nSPS) is 12.1. The Hall–Kier alpha value is -2.92. The highest BCUT2D eigenvalue weighted by Gasteiger charge is 2.22. The molecule has 0 saturated heterocycles. The van der Waals surface area contributed by atoms with Gasteiger partial charge in [0.2, 0.25) is 0 Å². The number of nitrogens with zero attached hydrogens (tertiary/aromatic N) is 1. The fourth-order valence-corrected chi connectivity index (χ4v) is 3.82. The van der Waals surface area contributed by atoms with Crippen molar-refractivity contribution >= 4 is 5.97 Å². The Kier molecular flexibility index (Phi) is 6.49. The van der Waals surface area contributed by atoms with E-state index >= 15 is 0 Å². The molecule has 5 heteroatoms. The summed E-state index contributed by atoms with van der Waals surface area (Å²) in [5.41, 5.74) is 4.75. The lowest BCUT2D eigenvalue weighted by molar-refractivity contribution is 0.0694. The minimum atomic E-state index is -0.934. The van der Waals surface area contributed by atoms with Gasteiger partial charge in [-0.3, -0.25) is 0 Å². The molecule has 0 aliphatic carbocycles. The molecule has 152 valence electrons. The number of carboxylic acids is 1. The quantitative estimate of drug-likeness (QED) is 0.572. The van der Waals surface area contributed by atoms with Crippen molar-refractivity contribution in [1.82, 2.24) is 9.88 Å². The molecular formula is C24H27FN2O2. The number of carboxylic acid groups (broad SMARTS) is 1. The molecule has 0 fully saturated rings. The van der Waals surface area contributed by atoms with Gasteiger partial charge in [0.1, 0.15) is 5.82 Å². The molecule has 0 amide bonds. The number of hydrogen-bond acceptors (Lipinski definition) is 2. The molecule has 0 bridgehead atoms. The summed E-state index contributed by atoms with van der Waals surface area (Å²) in [6, 6.07) is 16.6. The zero-order valence-electron chi connectivity index (χ0n) is 17.1. The summed E-state index contributed by atoms with van der Waals surface area (Å²) in [4.78, 5) is 11.9. The van der Waals surface area contributed by atoms with Crippen molar-refractivity contribution in [2.75, 3.05) is 6.54 Å². The number of nitrogens with one attached hydrogen (secondary N) is 1. The summed E-state index contributed by atoms with van der Waals surface area (Å²) >= 11 is 0. The second kappa shape index (κ2) is 9.05. The highest BCUT2D eigenvalue weighted by atomic mass is 19.1. The van der Waals surface area contributed by atoms with Gasteiger partial charge in [-0.2, -0.15) is 0 Å². The molecule has 0 unspecified atom stereocenters. The minimum absolute atomic E-state index is 0.291. The lowest BCUT2D eigenvalue weighted by atomic mass is 10.0. The highest BCUT2D eigenvalue weighted by molar-refractivity contribution is 5.91. The van der Waals surface area contributed by atoms with E-state index in [0.29, 0.717) is 30.3 Å². The van der Waals surface area contributed by atoms with Crippen LogP contribution in [0.1, 0.15) is 51.3 Å². The van der Waals surface area contributed by atoms with Crippen LogP contribution in [0.4, 0.5) is 4.39 Å². The zero-order chi connectivity index (χ0) is 21.0. The average Bonchev–Trinajstić information content (AvgIpc) is 2.93. The molecule has 0 saturated carbocycles. The van der Waals surface area contributed by atoms with Gasteiger partial charge in [-0.15, -0.1) is 0 Å². The van der Waals surface area contributed by atoms with Crippen molar-refractivity contribution < 1.29 is 14.3 Å². The summed E-state index contributed by atoms with van der Waals surface area (Å²) in [7, 11) is 0. The fourth-order valence-electron chi connectivity index (χ4n) is 3.82. The van der Waals surface area contributed by atoms with Gasteiger partial charge in [-0.25, -0.2) is 9.18 Å². The van der Waals surface area contributed by atoms with Crippen LogP contribution in [0.2, 0.25) is 0 Å². The molecule has 0 aliphatic heterocycles. The summed E-state index contributed by atoms with van der Waals surface area (Å²) in [5, 5.41) is 13.2. The first-order valence-corrected chi connectivity index (χ1v) is 9.80. The van der Waals surface area contributed by atoms with Crippen LogP contribution in [0.25, 0.3) is 0 Å². The average molecular weight is 394 g/mol. The Bertz CT molecular complexity index is 996. The van der Waals surface area contributed by atoms with Gasteiger partial charge in [0, 0.05) is 36.6 Å². The van der Waals surface area contributed by atoms with Gasteiger partial charge in [-0.05, 0) is 43.0 Å². The molecule has 2 aromatic carbocycles. The SMILES string of the molecule is Cc1c(CNC[C@@H](C)c2ccccc2)c(C(=O)O)c(C)n1Cc1cccc(F)c1. The van der Waals surface area contributed by atoms with Crippen molar-refractivity contribution in [1.29, 1.82) is 0 Å². The third-order valence-corrected chi connectivity index (χ3v) is 5.47. The molecule has 1 atom stereocenters. The largest absolute Gasteiger partial charge is 0.478 e. The standard InChI is InChI=1S/C24H27FN2O2/c1-16(20-9-5-4-6-10-20)13-26-14-22-17(2)27(18(3)23(22)24(28)29)15-19-8-7-11-21(25)12-19/h4-12,16,26H,13-15H2,1-3H3,(H,28,29)/t16-/m1/s1. The van der Waals surface area contributed by atoms with E-state index in [1.165, 1.54) is 17.7 Å². The van der Waals surface area contributed by atoms with Crippen molar-refractivity contribution in [2.45, 2.75) is 39.8 Å². The number of aromatic nitrogens is 1. The Morgan fingerprint density at radius 1 is 1.10 bits per heavy atom. The summed E-state index contributed by atoms with van der Waals surface area (Å²) in [6.07, 6.45) is 0. The molecule has 29 heavy (non-hydrogen) atoms. The topological polar surface area (TPSA) is 54.3 Å². The van der Waals surface area contributed by atoms with Gasteiger partial charge in [0.05, 0.1) is 5.56 Å². The third kappa shape index (κ3) is 4.74. The highest BCUT2D eigenvalue weighted by Crippen LogP contribution is 2.24. The van der Waals surface area contributed by atoms with Gasteiger partial charge in [-0.1, -0.05) is 49.4 Å². The fraction of sp³-hybridized carbons (Fsp3) is 0.292. The third-order valence-electron chi connectivity index (χ3n) is 5.47. The van der Waals surface area contributed by atoms with Crippen LogP contribution in [0.5, 0.6) is 0 Å². The first-order chi connectivity index (χ1) is 13.9. The second-order valence-corrected chi connectivity index (χ2v) is 7.49. The van der Waals surface area contributed by atoms with Gasteiger partial charge in [0.15, 0.2) is 0 Å². The van der Waals surface area contributed by atoms with Gasteiger partial charge >= 0.3 is 5.97 Å². The molecule has 0 radical (unpaired) electrons. The van der Waals surface area contributed by atoms with Crippen molar-refractivity contribution in [3.63, 3.8) is 0 Å². The van der Waals surface area contributed by atoms with E-state index in [9.17, 15) is 14.3 Å². The molecule has 0 aliphatic rings. The van der Waals surface area contributed by atoms with Crippen LogP contribution in [0.15, 0.2) is 54.6 Å². The molecular weight excluding hydrogens is 367 g/mol. The van der Waals surface area contributed by atoms with E-state index in [2.05, 4.69) is 24.4 Å². The van der Waals surface area contributed by atoms with Crippen LogP contribution < -0.4 is 5.32 Å². The van der Waals surface area contributed by atoms with E-state index in [1.807, 2.05) is 42.7 Å². The number of halogens is 1. The summed E-state index contributed by atoms with van der Waals surface area (Å²) in [6.45, 7) is 7.55. The Morgan fingerprint density at radius 3 is 2.48 bits per heavy atom. The van der Waals surface area contributed by atoms with Gasteiger partial charge < -0.3 is 15.0 Å². The molecule has 1 aromatic heterocycles. The first-order valence-electron chi connectivity index (χ1n) is 9.80. The van der Waals surface area contributed by atoms with E-state index in [-0.39, 0.29) is 5.82 Å². The Morgan fingerprint density at radius 2 is 1.83 bits per heavy atom. The molecule has 4 nitrogen and oxygen atoms in total. The Balaban J connectivity index is 1.79. The zero-order valence-corrected chi connectivity index (χ0v) is 17.1. The smallest absolute Gasteiger partial charge is 0.337 e. The Labute approximate surface area is 171 Å². The van der Waals surface area contributed by atoms with Gasteiger partial charge in [0.25, 0.3) is 0 Å². The first kappa shape index (κ1) is 20.8. The molecule has 0 spiro atoms. The van der Waals surface area contributed by atoms with E-state index in [1.54, 1.807) is 6.07 Å². The summed E-state index contributed by atoms with van der Waals surface area (Å²) < 4.78 is 15.5. The predicted octanol–water partition coefficient (Wildman–Crippen LogP) is 4.88. The number of hydrogen-bond donors (Lipinski definition) is 2. The van der Waals surface area contributed by atoms with Crippen LogP contribution in [-0.4, -0.2) is 22.2 Å². The van der Waals surface area contributed by atoms with Crippen molar-refractivity contribution in [3.05, 3.63) is 94.1 Å². The second-order valence-electron chi connectivity index (χ2n) is 7.49.